The van der Waals surface area contributed by atoms with E-state index in [9.17, 15) is 9.59 Å². The Labute approximate surface area is 129 Å². The summed E-state index contributed by atoms with van der Waals surface area (Å²) in [5, 5.41) is 4.01. The molecule has 3 rings (SSSR count). The Morgan fingerprint density at radius 3 is 2.95 bits per heavy atom. The van der Waals surface area contributed by atoms with Crippen LogP contribution in [0, 0.1) is 0 Å². The normalized spacial score (nSPS) is 18.4. The van der Waals surface area contributed by atoms with E-state index in [4.69, 9.17) is 0 Å². The van der Waals surface area contributed by atoms with Gasteiger partial charge in [0.15, 0.2) is 0 Å². The Morgan fingerprint density at radius 1 is 1.41 bits per heavy atom. The van der Waals surface area contributed by atoms with Crippen molar-refractivity contribution < 1.29 is 9.59 Å². The molecule has 2 N–H and O–H groups in total. The largest absolute Gasteiger partial charge is 0.361 e. The van der Waals surface area contributed by atoms with Crippen LogP contribution in [0.25, 0.3) is 10.9 Å². The monoisotopic (exact) mass is 299 g/mol. The molecule has 1 aromatic carbocycles. The molecule has 1 unspecified atom stereocenters. The second-order valence-corrected chi connectivity index (χ2v) is 6.10. The third kappa shape index (κ3) is 2.71. The average molecular weight is 299 g/mol. The van der Waals surface area contributed by atoms with Gasteiger partial charge in [-0.05, 0) is 31.9 Å². The molecule has 1 atom stereocenters. The number of likely N-dealkylation sites (tertiary alicyclic amines) is 1. The van der Waals surface area contributed by atoms with Gasteiger partial charge >= 0.3 is 0 Å². The van der Waals surface area contributed by atoms with E-state index < -0.39 is 0 Å². The molecule has 1 saturated heterocycles. The molecule has 0 saturated carbocycles. The Balaban J connectivity index is 1.82. The maximum Gasteiger partial charge on any atom is 0.243 e. The lowest BCUT2D eigenvalue weighted by Crippen LogP contribution is -2.46. The number of H-pyrrole nitrogens is 1. The first kappa shape index (κ1) is 14.6. The van der Waals surface area contributed by atoms with Gasteiger partial charge in [-0.15, -0.1) is 0 Å². The SMILES string of the molecule is CC(C)NC(=O)C1CCC(=O)N1Cc1c[nH]c2ccccc12. The van der Waals surface area contributed by atoms with Crippen molar-refractivity contribution in [1.29, 1.82) is 0 Å². The molecule has 1 aliphatic heterocycles. The predicted molar refractivity (Wildman–Crippen MR) is 85.1 cm³/mol. The number of carbonyl (C=O) groups excluding carboxylic acids is 2. The number of benzene rings is 1. The van der Waals surface area contributed by atoms with Crippen LogP contribution >= 0.6 is 0 Å². The number of hydrogen-bond donors (Lipinski definition) is 2. The van der Waals surface area contributed by atoms with E-state index in [1.54, 1.807) is 4.90 Å². The highest BCUT2D eigenvalue weighted by atomic mass is 16.2. The van der Waals surface area contributed by atoms with Gasteiger partial charge in [-0.2, -0.15) is 0 Å². The van der Waals surface area contributed by atoms with Crippen molar-refractivity contribution in [3.63, 3.8) is 0 Å². The number of nitrogens with one attached hydrogen (secondary N) is 2. The first-order valence-electron chi connectivity index (χ1n) is 7.71. The lowest BCUT2D eigenvalue weighted by Gasteiger charge is -2.24. The second kappa shape index (κ2) is 5.83. The highest BCUT2D eigenvalue weighted by Crippen LogP contribution is 2.25. The molecular weight excluding hydrogens is 278 g/mol. The number of aromatic amines is 1. The zero-order valence-electron chi connectivity index (χ0n) is 12.9. The fourth-order valence-electron chi connectivity index (χ4n) is 3.03. The van der Waals surface area contributed by atoms with Gasteiger partial charge in [0.05, 0.1) is 0 Å². The first-order chi connectivity index (χ1) is 10.6. The van der Waals surface area contributed by atoms with Crippen LogP contribution in [0.4, 0.5) is 0 Å². The molecule has 1 aliphatic rings. The van der Waals surface area contributed by atoms with Crippen LogP contribution in [0.15, 0.2) is 30.5 Å². The summed E-state index contributed by atoms with van der Waals surface area (Å²) < 4.78 is 0. The van der Waals surface area contributed by atoms with Crippen molar-refractivity contribution in [2.75, 3.05) is 0 Å². The molecule has 1 aromatic heterocycles. The summed E-state index contributed by atoms with van der Waals surface area (Å²) in [7, 11) is 0. The van der Waals surface area contributed by atoms with Crippen LogP contribution in [0.2, 0.25) is 0 Å². The number of fused-ring (bicyclic) bond motifs is 1. The van der Waals surface area contributed by atoms with Gasteiger partial charge in [0.1, 0.15) is 6.04 Å². The summed E-state index contributed by atoms with van der Waals surface area (Å²) >= 11 is 0. The molecule has 2 aromatic rings. The maximum absolute atomic E-state index is 12.3. The Hall–Kier alpha value is -2.30. The summed E-state index contributed by atoms with van der Waals surface area (Å²) in [4.78, 5) is 29.4. The van der Waals surface area contributed by atoms with Crippen molar-refractivity contribution in [2.45, 2.75) is 45.3 Å². The van der Waals surface area contributed by atoms with Crippen LogP contribution in [0.3, 0.4) is 0 Å². The van der Waals surface area contributed by atoms with Crippen molar-refractivity contribution in [3.8, 4) is 0 Å². The van der Waals surface area contributed by atoms with E-state index in [-0.39, 0.29) is 23.9 Å². The number of nitrogens with zero attached hydrogens (tertiary/aromatic N) is 1. The maximum atomic E-state index is 12.3. The van der Waals surface area contributed by atoms with Crippen molar-refractivity contribution in [2.24, 2.45) is 0 Å². The van der Waals surface area contributed by atoms with E-state index in [0.717, 1.165) is 16.5 Å². The lowest BCUT2D eigenvalue weighted by molar-refractivity contribution is -0.136. The highest BCUT2D eigenvalue weighted by molar-refractivity contribution is 5.91. The van der Waals surface area contributed by atoms with Crippen LogP contribution in [0.1, 0.15) is 32.3 Å². The molecule has 0 radical (unpaired) electrons. The van der Waals surface area contributed by atoms with Gasteiger partial charge in [0.25, 0.3) is 0 Å². The number of aromatic nitrogens is 1. The quantitative estimate of drug-likeness (QED) is 0.909. The fourth-order valence-corrected chi connectivity index (χ4v) is 3.03. The van der Waals surface area contributed by atoms with E-state index in [0.29, 0.717) is 19.4 Å². The van der Waals surface area contributed by atoms with Gasteiger partial charge in [0.2, 0.25) is 11.8 Å². The third-order valence-electron chi connectivity index (χ3n) is 4.08. The van der Waals surface area contributed by atoms with E-state index in [1.807, 2.05) is 44.3 Å². The summed E-state index contributed by atoms with van der Waals surface area (Å²) in [5.74, 6) is -0.00474. The lowest BCUT2D eigenvalue weighted by atomic mass is 10.1. The van der Waals surface area contributed by atoms with Gasteiger partial charge in [-0.3, -0.25) is 9.59 Å². The number of rotatable bonds is 4. The average Bonchev–Trinajstić information content (AvgIpc) is 3.04. The Bertz CT molecular complexity index is 705. The van der Waals surface area contributed by atoms with Gasteiger partial charge < -0.3 is 15.2 Å². The van der Waals surface area contributed by atoms with Crippen molar-refractivity contribution in [3.05, 3.63) is 36.0 Å². The van der Waals surface area contributed by atoms with Gasteiger partial charge in [-0.25, -0.2) is 0 Å². The topological polar surface area (TPSA) is 65.2 Å². The molecule has 5 heteroatoms. The summed E-state index contributed by atoms with van der Waals surface area (Å²) in [5.41, 5.74) is 2.10. The first-order valence-corrected chi connectivity index (χ1v) is 7.71. The Kier molecular flexibility index (Phi) is 3.88. The van der Waals surface area contributed by atoms with Crippen LogP contribution in [-0.2, 0) is 16.1 Å². The Morgan fingerprint density at radius 2 is 2.18 bits per heavy atom. The van der Waals surface area contributed by atoms with E-state index >= 15 is 0 Å². The van der Waals surface area contributed by atoms with Crippen LogP contribution < -0.4 is 5.32 Å². The minimum atomic E-state index is -0.358. The summed E-state index contributed by atoms with van der Waals surface area (Å²) in [6.07, 6.45) is 2.96. The molecule has 5 nitrogen and oxygen atoms in total. The molecule has 1 fully saturated rings. The molecule has 2 heterocycles. The number of amides is 2. The fraction of sp³-hybridized carbons (Fsp3) is 0.412. The van der Waals surface area contributed by atoms with Gasteiger partial charge in [0, 0.05) is 36.1 Å². The second-order valence-electron chi connectivity index (χ2n) is 6.10. The molecule has 0 aliphatic carbocycles. The summed E-state index contributed by atoms with van der Waals surface area (Å²) in [6, 6.07) is 7.72. The molecule has 116 valence electrons. The zero-order valence-corrected chi connectivity index (χ0v) is 12.9. The van der Waals surface area contributed by atoms with Gasteiger partial charge in [-0.1, -0.05) is 18.2 Å². The predicted octanol–water partition coefficient (Wildman–Crippen LogP) is 2.18. The minimum absolute atomic E-state index is 0.0502. The third-order valence-corrected chi connectivity index (χ3v) is 4.08. The van der Waals surface area contributed by atoms with Crippen LogP contribution in [-0.4, -0.2) is 33.8 Å². The molecular formula is C17H21N3O2. The number of para-hydroxylation sites is 1. The number of carbonyl (C=O) groups is 2. The van der Waals surface area contributed by atoms with Crippen LogP contribution in [0.5, 0.6) is 0 Å². The smallest absolute Gasteiger partial charge is 0.243 e. The van der Waals surface area contributed by atoms with Crippen molar-refractivity contribution >= 4 is 22.7 Å². The van der Waals surface area contributed by atoms with Crippen molar-refractivity contribution in [1.82, 2.24) is 15.2 Å². The van der Waals surface area contributed by atoms with E-state index in [1.165, 1.54) is 0 Å². The highest BCUT2D eigenvalue weighted by Gasteiger charge is 2.36. The standard InChI is InChI=1S/C17H21N3O2/c1-11(2)19-17(22)15-7-8-16(21)20(15)10-12-9-18-14-6-4-3-5-13(12)14/h3-6,9,11,15,18H,7-8,10H2,1-2H3,(H,19,22). The summed E-state index contributed by atoms with van der Waals surface area (Å²) in [6.45, 7) is 4.33. The zero-order chi connectivity index (χ0) is 15.7. The molecule has 0 spiro atoms. The molecule has 0 bridgehead atoms. The van der Waals surface area contributed by atoms with E-state index in [2.05, 4.69) is 10.3 Å². The number of hydrogen-bond acceptors (Lipinski definition) is 2. The minimum Gasteiger partial charge on any atom is -0.361 e. The molecule has 2 amide bonds. The molecule has 22 heavy (non-hydrogen) atoms.